The fourth-order valence-electron chi connectivity index (χ4n) is 1.79. The van der Waals surface area contributed by atoms with Crippen molar-refractivity contribution in [3.63, 3.8) is 0 Å². The maximum Gasteiger partial charge on any atom is 0.242 e. The van der Waals surface area contributed by atoms with Crippen molar-refractivity contribution >= 4 is 44.2 Å². The summed E-state index contributed by atoms with van der Waals surface area (Å²) in [6.45, 7) is 1.83. The molecule has 0 bridgehead atoms. The third kappa shape index (κ3) is 4.15. The second kappa shape index (κ2) is 7.64. The predicted molar refractivity (Wildman–Crippen MR) is 100 cm³/mol. The van der Waals surface area contributed by atoms with Gasteiger partial charge in [0, 0.05) is 25.0 Å². The molecule has 24 heavy (non-hydrogen) atoms. The Bertz CT molecular complexity index is 814. The van der Waals surface area contributed by atoms with Gasteiger partial charge in [-0.05, 0) is 25.3 Å². The normalized spacial score (nSPS) is 13.0. The largest absolute Gasteiger partial charge is 0.301 e. The van der Waals surface area contributed by atoms with Crippen molar-refractivity contribution in [3.05, 3.63) is 29.6 Å². The van der Waals surface area contributed by atoms with Gasteiger partial charge >= 0.3 is 0 Å². The molecule has 1 atom stereocenters. The zero-order valence-corrected chi connectivity index (χ0v) is 16.3. The third-order valence-electron chi connectivity index (χ3n) is 3.39. The van der Waals surface area contributed by atoms with Gasteiger partial charge in [-0.2, -0.15) is 11.8 Å². The lowest BCUT2D eigenvalue weighted by molar-refractivity contribution is -0.115. The van der Waals surface area contributed by atoms with Crippen LogP contribution in [0.4, 0.5) is 5.13 Å². The average molecular weight is 386 g/mol. The summed E-state index contributed by atoms with van der Waals surface area (Å²) in [6, 6.07) is 6.53. The molecule has 0 saturated heterocycles. The Morgan fingerprint density at radius 3 is 2.46 bits per heavy atom. The molecular weight excluding hydrogens is 366 g/mol. The van der Waals surface area contributed by atoms with E-state index >= 15 is 0 Å². The van der Waals surface area contributed by atoms with Gasteiger partial charge in [0.1, 0.15) is 0 Å². The van der Waals surface area contributed by atoms with Crippen molar-refractivity contribution in [2.45, 2.75) is 17.1 Å². The van der Waals surface area contributed by atoms with Crippen LogP contribution >= 0.6 is 23.1 Å². The van der Waals surface area contributed by atoms with E-state index in [1.807, 2.05) is 18.6 Å². The Morgan fingerprint density at radius 1 is 1.29 bits per heavy atom. The van der Waals surface area contributed by atoms with E-state index < -0.39 is 10.0 Å². The summed E-state index contributed by atoms with van der Waals surface area (Å²) in [5.74, 6) is -0.0872. The van der Waals surface area contributed by atoms with Crippen LogP contribution in [0, 0.1) is 0 Å². The Hall–Kier alpha value is -1.42. The highest BCUT2D eigenvalue weighted by Crippen LogP contribution is 2.26. The molecule has 1 aromatic heterocycles. The van der Waals surface area contributed by atoms with Crippen LogP contribution in [0.25, 0.3) is 11.3 Å². The number of rotatable bonds is 6. The summed E-state index contributed by atoms with van der Waals surface area (Å²) < 4.78 is 25.3. The van der Waals surface area contributed by atoms with Crippen LogP contribution in [0.1, 0.15) is 6.92 Å². The zero-order chi connectivity index (χ0) is 17.9. The van der Waals surface area contributed by atoms with E-state index in [9.17, 15) is 13.2 Å². The molecule has 1 aromatic carbocycles. The quantitative estimate of drug-likeness (QED) is 0.827. The average Bonchev–Trinajstić information content (AvgIpc) is 3.02. The van der Waals surface area contributed by atoms with Crippen molar-refractivity contribution in [1.29, 1.82) is 0 Å². The monoisotopic (exact) mass is 385 g/mol. The van der Waals surface area contributed by atoms with Crippen molar-refractivity contribution in [1.82, 2.24) is 9.29 Å². The Morgan fingerprint density at radius 2 is 1.92 bits per heavy atom. The van der Waals surface area contributed by atoms with Crippen LogP contribution in [0.2, 0.25) is 0 Å². The summed E-state index contributed by atoms with van der Waals surface area (Å²) in [4.78, 5) is 16.5. The van der Waals surface area contributed by atoms with Crippen molar-refractivity contribution in [2.75, 3.05) is 25.7 Å². The third-order valence-corrected chi connectivity index (χ3v) is 6.89. The van der Waals surface area contributed by atoms with Gasteiger partial charge < -0.3 is 5.32 Å². The van der Waals surface area contributed by atoms with Gasteiger partial charge in [-0.15, -0.1) is 11.3 Å². The summed E-state index contributed by atoms with van der Waals surface area (Å²) in [5.41, 5.74) is 1.49. The van der Waals surface area contributed by atoms with E-state index in [4.69, 9.17) is 0 Å². The molecule has 0 radical (unpaired) electrons. The summed E-state index contributed by atoms with van der Waals surface area (Å²) >= 11 is 2.80. The van der Waals surface area contributed by atoms with E-state index in [1.165, 1.54) is 41.5 Å². The minimum Gasteiger partial charge on any atom is -0.301 e. The molecule has 2 aromatic rings. The minimum atomic E-state index is -3.44. The molecule has 0 aliphatic rings. The molecular formula is C15H19N3O3S3. The predicted octanol–water partition coefficient (Wildman–Crippen LogP) is 2.75. The number of thiazole rings is 1. The van der Waals surface area contributed by atoms with Crippen molar-refractivity contribution in [2.24, 2.45) is 0 Å². The van der Waals surface area contributed by atoms with E-state index in [0.29, 0.717) is 10.8 Å². The lowest BCUT2D eigenvalue weighted by Crippen LogP contribution is -2.22. The number of carbonyl (C=O) groups excluding carboxylic acids is 1. The van der Waals surface area contributed by atoms with Crippen LogP contribution in [-0.2, 0) is 14.8 Å². The molecule has 1 amide bonds. The standard InChI is InChI=1S/C15H19N3O3S3/c1-10(22-4)14(19)17-15-16-13(9-23-15)11-5-7-12(8-6-11)24(20,21)18(2)3/h5-10H,1-4H3,(H,16,17,19). The van der Waals surface area contributed by atoms with Gasteiger partial charge in [0.2, 0.25) is 15.9 Å². The summed E-state index contributed by atoms with van der Waals surface area (Å²) in [7, 11) is -0.454. The van der Waals surface area contributed by atoms with E-state index in [1.54, 1.807) is 24.3 Å². The Labute approximate surface area is 150 Å². The molecule has 0 fully saturated rings. The first-order valence-corrected chi connectivity index (χ1v) is 10.7. The lowest BCUT2D eigenvalue weighted by atomic mass is 10.2. The number of sulfonamides is 1. The number of carbonyl (C=O) groups is 1. The van der Waals surface area contributed by atoms with Gasteiger partial charge in [-0.1, -0.05) is 12.1 Å². The second-order valence-corrected chi connectivity index (χ2v) is 9.41. The molecule has 1 N–H and O–H groups in total. The fourth-order valence-corrected chi connectivity index (χ4v) is 3.68. The molecule has 0 aliphatic heterocycles. The van der Waals surface area contributed by atoms with Crippen molar-refractivity contribution < 1.29 is 13.2 Å². The van der Waals surface area contributed by atoms with Gasteiger partial charge in [-0.25, -0.2) is 17.7 Å². The summed E-state index contributed by atoms with van der Waals surface area (Å²) in [6.07, 6.45) is 1.88. The topological polar surface area (TPSA) is 79.4 Å². The number of benzene rings is 1. The Kier molecular flexibility index (Phi) is 6.02. The first kappa shape index (κ1) is 18.9. The van der Waals surface area contributed by atoms with Crippen LogP contribution in [-0.4, -0.2) is 49.2 Å². The summed E-state index contributed by atoms with van der Waals surface area (Å²) in [5, 5.41) is 4.99. The van der Waals surface area contributed by atoms with E-state index in [0.717, 1.165) is 5.56 Å². The number of aromatic nitrogens is 1. The molecule has 1 heterocycles. The maximum atomic E-state index is 12.1. The van der Waals surface area contributed by atoms with Crippen LogP contribution in [0.5, 0.6) is 0 Å². The smallest absolute Gasteiger partial charge is 0.242 e. The molecule has 0 aliphatic carbocycles. The van der Waals surface area contributed by atoms with Gasteiger partial charge in [-0.3, -0.25) is 4.79 Å². The second-order valence-electron chi connectivity index (χ2n) is 5.22. The fraction of sp³-hybridized carbons (Fsp3) is 0.333. The van der Waals surface area contributed by atoms with E-state index in [2.05, 4.69) is 10.3 Å². The molecule has 6 nitrogen and oxygen atoms in total. The van der Waals surface area contributed by atoms with Gasteiger partial charge in [0.15, 0.2) is 5.13 Å². The van der Waals surface area contributed by atoms with Gasteiger partial charge in [0.25, 0.3) is 0 Å². The number of amides is 1. The van der Waals surface area contributed by atoms with Crippen molar-refractivity contribution in [3.8, 4) is 11.3 Å². The van der Waals surface area contributed by atoms with Gasteiger partial charge in [0.05, 0.1) is 15.8 Å². The molecule has 9 heteroatoms. The maximum absolute atomic E-state index is 12.1. The first-order valence-electron chi connectivity index (χ1n) is 7.08. The number of anilines is 1. The molecule has 130 valence electrons. The highest BCUT2D eigenvalue weighted by atomic mass is 32.2. The SMILES string of the molecule is CSC(C)C(=O)Nc1nc(-c2ccc(S(=O)(=O)N(C)C)cc2)cs1. The zero-order valence-electron chi connectivity index (χ0n) is 13.8. The van der Waals surface area contributed by atoms with Crippen LogP contribution in [0.3, 0.4) is 0 Å². The minimum absolute atomic E-state index is 0.0872. The lowest BCUT2D eigenvalue weighted by Gasteiger charge is -2.11. The van der Waals surface area contributed by atoms with Crippen LogP contribution < -0.4 is 5.32 Å². The highest BCUT2D eigenvalue weighted by Gasteiger charge is 2.17. The molecule has 0 saturated carbocycles. The number of nitrogens with one attached hydrogen (secondary N) is 1. The molecule has 1 unspecified atom stereocenters. The number of hydrogen-bond acceptors (Lipinski definition) is 6. The number of nitrogens with zero attached hydrogens (tertiary/aromatic N) is 2. The first-order chi connectivity index (χ1) is 11.3. The van der Waals surface area contributed by atoms with E-state index in [-0.39, 0.29) is 16.1 Å². The molecule has 0 spiro atoms. The van der Waals surface area contributed by atoms with Crippen LogP contribution in [0.15, 0.2) is 34.5 Å². The number of thioether (sulfide) groups is 1. The Balaban J connectivity index is 2.18. The highest BCUT2D eigenvalue weighted by molar-refractivity contribution is 7.99. The number of hydrogen-bond donors (Lipinski definition) is 1. The molecule has 2 rings (SSSR count).